The third-order valence-corrected chi connectivity index (χ3v) is 6.09. The first-order chi connectivity index (χ1) is 14.7. The van der Waals surface area contributed by atoms with Gasteiger partial charge in [0.05, 0.1) is 18.8 Å². The lowest BCUT2D eigenvalue weighted by Gasteiger charge is -2.22. The molecule has 4 heteroatoms. The predicted molar refractivity (Wildman–Crippen MR) is 129 cm³/mol. The number of rotatable bonds is 23. The largest absolute Gasteiger partial charge is 0.394 e. The van der Waals surface area contributed by atoms with E-state index in [9.17, 15) is 15.0 Å². The lowest BCUT2D eigenvalue weighted by Crippen LogP contribution is -2.45. The van der Waals surface area contributed by atoms with Crippen LogP contribution in [0.3, 0.4) is 0 Å². The molecule has 2 atom stereocenters. The summed E-state index contributed by atoms with van der Waals surface area (Å²) in [6.07, 6.45) is 24.0. The van der Waals surface area contributed by atoms with Crippen molar-refractivity contribution in [1.29, 1.82) is 0 Å². The van der Waals surface area contributed by atoms with Gasteiger partial charge in [0.1, 0.15) is 0 Å². The minimum Gasteiger partial charge on any atom is -0.394 e. The maximum absolute atomic E-state index is 11.6. The topological polar surface area (TPSA) is 69.6 Å². The van der Waals surface area contributed by atoms with E-state index in [0.717, 1.165) is 19.3 Å². The normalized spacial score (nSPS) is 13.3. The van der Waals surface area contributed by atoms with Gasteiger partial charge in [-0.15, -0.1) is 0 Å². The molecule has 0 aromatic carbocycles. The molecule has 0 saturated carbocycles. The van der Waals surface area contributed by atoms with E-state index >= 15 is 0 Å². The summed E-state index contributed by atoms with van der Waals surface area (Å²) in [6.45, 7) is 4.02. The number of amides is 1. The van der Waals surface area contributed by atoms with Gasteiger partial charge in [-0.1, -0.05) is 123 Å². The smallest absolute Gasteiger partial charge is 0.220 e. The van der Waals surface area contributed by atoms with Crippen LogP contribution in [0.2, 0.25) is 0 Å². The van der Waals surface area contributed by atoms with Crippen molar-refractivity contribution in [3.63, 3.8) is 0 Å². The average Bonchev–Trinajstić information content (AvgIpc) is 2.74. The molecule has 4 nitrogen and oxygen atoms in total. The summed E-state index contributed by atoms with van der Waals surface area (Å²) in [5.41, 5.74) is 0. The van der Waals surface area contributed by atoms with Crippen molar-refractivity contribution in [1.82, 2.24) is 5.32 Å². The molecule has 0 saturated heterocycles. The summed E-state index contributed by atoms with van der Waals surface area (Å²) in [5, 5.41) is 22.3. The van der Waals surface area contributed by atoms with Gasteiger partial charge in [-0.25, -0.2) is 0 Å². The molecule has 30 heavy (non-hydrogen) atoms. The molecule has 0 rings (SSSR count). The van der Waals surface area contributed by atoms with Crippen LogP contribution in [-0.4, -0.2) is 34.9 Å². The Labute approximate surface area is 187 Å². The average molecular weight is 428 g/mol. The number of unbranched alkanes of at least 4 members (excludes halogenated alkanes) is 16. The van der Waals surface area contributed by atoms with Crippen LogP contribution in [0.4, 0.5) is 0 Å². The first-order valence-electron chi connectivity index (χ1n) is 13.2. The maximum Gasteiger partial charge on any atom is 0.220 e. The van der Waals surface area contributed by atoms with Gasteiger partial charge in [0.25, 0.3) is 0 Å². The molecular formula is C26H53NO3. The van der Waals surface area contributed by atoms with Gasteiger partial charge < -0.3 is 15.5 Å². The molecule has 0 heterocycles. The van der Waals surface area contributed by atoms with Crippen LogP contribution in [0.25, 0.3) is 0 Å². The van der Waals surface area contributed by atoms with Crippen LogP contribution in [0.1, 0.15) is 142 Å². The first-order valence-corrected chi connectivity index (χ1v) is 13.2. The summed E-state index contributed by atoms with van der Waals surface area (Å²) in [4.78, 5) is 11.6. The molecule has 0 bridgehead atoms. The molecule has 0 radical (unpaired) electrons. The fraction of sp³-hybridized carbons (Fsp3) is 0.962. The second kappa shape index (κ2) is 23.1. The van der Waals surface area contributed by atoms with Crippen LogP contribution in [0, 0.1) is 0 Å². The fourth-order valence-corrected chi connectivity index (χ4v) is 4.05. The van der Waals surface area contributed by atoms with Crippen LogP contribution >= 0.6 is 0 Å². The number of carbonyl (C=O) groups excluding carboxylic acids is 1. The Bertz CT molecular complexity index is 362. The molecule has 0 aliphatic heterocycles. The van der Waals surface area contributed by atoms with Crippen molar-refractivity contribution in [2.75, 3.05) is 6.61 Å². The SMILES string of the molecule is CCCCCCCCCCCCCCCCCCCC(O)C(CO)NC(=O)CCC. The highest BCUT2D eigenvalue weighted by molar-refractivity contribution is 5.76. The van der Waals surface area contributed by atoms with E-state index in [1.165, 1.54) is 96.3 Å². The van der Waals surface area contributed by atoms with Crippen molar-refractivity contribution >= 4 is 5.91 Å². The molecule has 0 aliphatic rings. The molecule has 0 aromatic rings. The van der Waals surface area contributed by atoms with Gasteiger partial charge in [0.15, 0.2) is 0 Å². The summed E-state index contributed by atoms with van der Waals surface area (Å²) >= 11 is 0. The Hall–Kier alpha value is -0.610. The summed E-state index contributed by atoms with van der Waals surface area (Å²) in [6, 6.07) is -0.523. The number of nitrogens with one attached hydrogen (secondary N) is 1. The number of aliphatic hydroxyl groups excluding tert-OH is 2. The Morgan fingerprint density at radius 3 is 1.43 bits per heavy atom. The van der Waals surface area contributed by atoms with Gasteiger partial charge in [-0.05, 0) is 12.8 Å². The minimum atomic E-state index is -0.646. The Kier molecular flexibility index (Phi) is 22.6. The Balaban J connectivity index is 3.36. The van der Waals surface area contributed by atoms with Crippen LogP contribution in [-0.2, 0) is 4.79 Å². The third-order valence-electron chi connectivity index (χ3n) is 6.09. The van der Waals surface area contributed by atoms with E-state index < -0.39 is 12.1 Å². The summed E-state index contributed by atoms with van der Waals surface area (Å²) in [7, 11) is 0. The van der Waals surface area contributed by atoms with Gasteiger partial charge in [-0.2, -0.15) is 0 Å². The van der Waals surface area contributed by atoms with Crippen molar-refractivity contribution in [3.8, 4) is 0 Å². The van der Waals surface area contributed by atoms with Gasteiger partial charge >= 0.3 is 0 Å². The van der Waals surface area contributed by atoms with E-state index in [4.69, 9.17) is 0 Å². The van der Waals surface area contributed by atoms with Crippen LogP contribution in [0.5, 0.6) is 0 Å². The molecule has 180 valence electrons. The number of hydrogen-bond donors (Lipinski definition) is 3. The summed E-state index contributed by atoms with van der Waals surface area (Å²) < 4.78 is 0. The van der Waals surface area contributed by atoms with E-state index in [2.05, 4.69) is 12.2 Å². The molecule has 0 fully saturated rings. The number of carbonyl (C=O) groups is 1. The quantitative estimate of drug-likeness (QED) is 0.160. The highest BCUT2D eigenvalue weighted by atomic mass is 16.3. The van der Waals surface area contributed by atoms with E-state index in [1.54, 1.807) is 0 Å². The fourth-order valence-electron chi connectivity index (χ4n) is 4.05. The number of aliphatic hydroxyl groups is 2. The lowest BCUT2D eigenvalue weighted by atomic mass is 10.0. The molecular weight excluding hydrogens is 374 g/mol. The van der Waals surface area contributed by atoms with Crippen molar-refractivity contribution in [2.24, 2.45) is 0 Å². The van der Waals surface area contributed by atoms with Gasteiger partial charge in [-0.3, -0.25) is 4.79 Å². The van der Waals surface area contributed by atoms with Crippen LogP contribution < -0.4 is 5.32 Å². The standard InChI is InChI=1S/C26H53NO3/c1-3-5-6-7-8-9-10-11-12-13-14-15-16-17-18-19-20-22-25(29)24(23-28)27-26(30)21-4-2/h24-25,28-29H,3-23H2,1-2H3,(H,27,30). The Morgan fingerprint density at radius 1 is 0.667 bits per heavy atom. The second-order valence-corrected chi connectivity index (χ2v) is 9.12. The maximum atomic E-state index is 11.6. The van der Waals surface area contributed by atoms with E-state index in [-0.39, 0.29) is 12.5 Å². The number of hydrogen-bond acceptors (Lipinski definition) is 3. The zero-order valence-corrected chi connectivity index (χ0v) is 20.3. The predicted octanol–water partition coefficient (Wildman–Crippen LogP) is 6.67. The Morgan fingerprint density at radius 2 is 1.07 bits per heavy atom. The third kappa shape index (κ3) is 19.4. The molecule has 0 aliphatic carbocycles. The second-order valence-electron chi connectivity index (χ2n) is 9.12. The molecule has 3 N–H and O–H groups in total. The highest BCUT2D eigenvalue weighted by Crippen LogP contribution is 2.15. The highest BCUT2D eigenvalue weighted by Gasteiger charge is 2.19. The van der Waals surface area contributed by atoms with Gasteiger partial charge in [0.2, 0.25) is 5.91 Å². The van der Waals surface area contributed by atoms with E-state index in [0.29, 0.717) is 12.8 Å². The van der Waals surface area contributed by atoms with Crippen molar-refractivity contribution < 1.29 is 15.0 Å². The monoisotopic (exact) mass is 427 g/mol. The molecule has 0 spiro atoms. The summed E-state index contributed by atoms with van der Waals surface area (Å²) in [5.74, 6) is -0.0852. The lowest BCUT2D eigenvalue weighted by molar-refractivity contribution is -0.123. The molecule has 0 aromatic heterocycles. The zero-order chi connectivity index (χ0) is 22.3. The van der Waals surface area contributed by atoms with Crippen LogP contribution in [0.15, 0.2) is 0 Å². The van der Waals surface area contributed by atoms with Crippen molar-refractivity contribution in [3.05, 3.63) is 0 Å². The van der Waals surface area contributed by atoms with Crippen molar-refractivity contribution in [2.45, 2.75) is 154 Å². The minimum absolute atomic E-state index is 0.0852. The zero-order valence-electron chi connectivity index (χ0n) is 20.3. The first kappa shape index (κ1) is 29.4. The van der Waals surface area contributed by atoms with Gasteiger partial charge in [0, 0.05) is 6.42 Å². The van der Waals surface area contributed by atoms with E-state index in [1.807, 2.05) is 6.92 Å². The molecule has 1 amide bonds. The molecule has 2 unspecified atom stereocenters.